The molecule has 1 aromatic heterocycles. The zero-order chi connectivity index (χ0) is 9.68. The summed E-state index contributed by atoms with van der Waals surface area (Å²) in [6.07, 6.45) is 2.13. The molecule has 3 nitrogen and oxygen atoms in total. The number of halogens is 1. The second-order valence-electron chi connectivity index (χ2n) is 2.66. The first-order chi connectivity index (χ1) is 6.24. The van der Waals surface area contributed by atoms with Crippen LogP contribution in [0.25, 0.3) is 0 Å². The van der Waals surface area contributed by atoms with Crippen molar-refractivity contribution in [1.82, 2.24) is 4.98 Å². The van der Waals surface area contributed by atoms with Crippen molar-refractivity contribution in [2.45, 2.75) is 13.3 Å². The molecule has 0 unspecified atom stereocenters. The zero-order valence-corrected chi connectivity index (χ0v) is 8.97. The molecule has 0 radical (unpaired) electrons. The van der Waals surface area contributed by atoms with Crippen LogP contribution in [-0.2, 0) is 4.79 Å². The summed E-state index contributed by atoms with van der Waals surface area (Å²) in [6.45, 7) is 1.91. The second-order valence-corrected chi connectivity index (χ2v) is 3.45. The number of anilines is 1. The number of hydrogen-bond acceptors (Lipinski definition) is 2. The molecule has 0 fully saturated rings. The van der Waals surface area contributed by atoms with E-state index in [2.05, 4.69) is 26.2 Å². The van der Waals surface area contributed by atoms with Gasteiger partial charge in [0, 0.05) is 17.9 Å². The van der Waals surface area contributed by atoms with Gasteiger partial charge in [0.2, 0.25) is 5.91 Å². The Morgan fingerprint density at radius 3 is 3.08 bits per heavy atom. The van der Waals surface area contributed by atoms with Crippen LogP contribution < -0.4 is 5.32 Å². The summed E-state index contributed by atoms with van der Waals surface area (Å²) in [6, 6.07) is 3.76. The lowest BCUT2D eigenvalue weighted by Crippen LogP contribution is -2.13. The molecule has 0 aliphatic carbocycles. The fourth-order valence-corrected chi connectivity index (χ4v) is 1.26. The van der Waals surface area contributed by atoms with Crippen molar-refractivity contribution in [3.8, 4) is 0 Å². The summed E-state index contributed by atoms with van der Waals surface area (Å²) in [4.78, 5) is 15.2. The van der Waals surface area contributed by atoms with E-state index in [1.54, 1.807) is 6.20 Å². The Kier molecular flexibility index (Phi) is 3.89. The van der Waals surface area contributed by atoms with E-state index < -0.39 is 0 Å². The van der Waals surface area contributed by atoms with Crippen LogP contribution in [0.3, 0.4) is 0 Å². The molecule has 70 valence electrons. The van der Waals surface area contributed by atoms with Crippen molar-refractivity contribution in [2.75, 3.05) is 10.6 Å². The standard InChI is InChI=1S/C9H11BrN2O/c1-7-3-2-6-11-9(7)12-8(13)4-5-10/h2-3,6H,4-5H2,1H3,(H,11,12,13). The van der Waals surface area contributed by atoms with Gasteiger partial charge < -0.3 is 5.32 Å². The summed E-state index contributed by atoms with van der Waals surface area (Å²) in [5.41, 5.74) is 0.977. The maximum atomic E-state index is 11.2. The molecular weight excluding hydrogens is 232 g/mol. The minimum atomic E-state index is -0.0151. The molecule has 0 bridgehead atoms. The Morgan fingerprint density at radius 1 is 1.69 bits per heavy atom. The zero-order valence-electron chi connectivity index (χ0n) is 7.38. The first-order valence-corrected chi connectivity index (χ1v) is 5.13. The third kappa shape index (κ3) is 3.14. The fraction of sp³-hybridized carbons (Fsp3) is 0.333. The average molecular weight is 243 g/mol. The largest absolute Gasteiger partial charge is 0.310 e. The van der Waals surface area contributed by atoms with Crippen LogP contribution in [0.15, 0.2) is 18.3 Å². The average Bonchev–Trinajstić information content (AvgIpc) is 2.09. The van der Waals surface area contributed by atoms with E-state index in [0.717, 1.165) is 5.56 Å². The Bertz CT molecular complexity index is 301. The Labute approximate surface area is 85.7 Å². The number of nitrogens with one attached hydrogen (secondary N) is 1. The number of carbonyl (C=O) groups is 1. The molecule has 0 aromatic carbocycles. The highest BCUT2D eigenvalue weighted by atomic mass is 79.9. The summed E-state index contributed by atoms with van der Waals surface area (Å²) < 4.78 is 0. The van der Waals surface area contributed by atoms with E-state index in [1.807, 2.05) is 19.1 Å². The first kappa shape index (κ1) is 10.2. The highest BCUT2D eigenvalue weighted by molar-refractivity contribution is 9.09. The van der Waals surface area contributed by atoms with Gasteiger partial charge in [-0.3, -0.25) is 4.79 Å². The van der Waals surface area contributed by atoms with E-state index >= 15 is 0 Å². The maximum absolute atomic E-state index is 11.2. The summed E-state index contributed by atoms with van der Waals surface area (Å²) >= 11 is 3.20. The van der Waals surface area contributed by atoms with Gasteiger partial charge in [-0.15, -0.1) is 0 Å². The molecular formula is C9H11BrN2O. The number of amides is 1. The molecule has 0 spiro atoms. The van der Waals surface area contributed by atoms with Gasteiger partial charge in [0.15, 0.2) is 0 Å². The minimum absolute atomic E-state index is 0.0151. The van der Waals surface area contributed by atoms with Gasteiger partial charge >= 0.3 is 0 Å². The summed E-state index contributed by atoms with van der Waals surface area (Å²) in [5.74, 6) is 0.632. The Morgan fingerprint density at radius 2 is 2.46 bits per heavy atom. The van der Waals surface area contributed by atoms with E-state index in [1.165, 1.54) is 0 Å². The number of aromatic nitrogens is 1. The maximum Gasteiger partial charge on any atom is 0.226 e. The number of nitrogens with zero attached hydrogens (tertiary/aromatic N) is 1. The van der Waals surface area contributed by atoms with E-state index in [0.29, 0.717) is 17.6 Å². The van der Waals surface area contributed by atoms with E-state index in [4.69, 9.17) is 0 Å². The highest BCUT2D eigenvalue weighted by Crippen LogP contribution is 2.09. The second kappa shape index (κ2) is 4.97. The Balaban J connectivity index is 2.63. The number of hydrogen-bond donors (Lipinski definition) is 1. The number of alkyl halides is 1. The molecule has 4 heteroatoms. The normalized spacial score (nSPS) is 9.69. The number of aryl methyl sites for hydroxylation is 1. The van der Waals surface area contributed by atoms with E-state index in [9.17, 15) is 4.79 Å². The summed E-state index contributed by atoms with van der Waals surface area (Å²) in [7, 11) is 0. The number of carbonyl (C=O) groups excluding carboxylic acids is 1. The molecule has 0 atom stereocenters. The predicted octanol–water partition coefficient (Wildman–Crippen LogP) is 2.11. The van der Waals surface area contributed by atoms with Gasteiger partial charge in [-0.05, 0) is 18.6 Å². The van der Waals surface area contributed by atoms with Crippen molar-refractivity contribution >= 4 is 27.7 Å². The molecule has 1 aromatic rings. The minimum Gasteiger partial charge on any atom is -0.310 e. The molecule has 1 amide bonds. The van der Waals surface area contributed by atoms with Gasteiger partial charge in [0.1, 0.15) is 5.82 Å². The highest BCUT2D eigenvalue weighted by Gasteiger charge is 2.03. The third-order valence-corrected chi connectivity index (χ3v) is 1.99. The molecule has 0 saturated heterocycles. The smallest absolute Gasteiger partial charge is 0.226 e. The van der Waals surface area contributed by atoms with Gasteiger partial charge in [0.05, 0.1) is 0 Å². The predicted molar refractivity (Wildman–Crippen MR) is 56.0 cm³/mol. The monoisotopic (exact) mass is 242 g/mol. The summed E-state index contributed by atoms with van der Waals surface area (Å²) in [5, 5.41) is 3.40. The number of pyridine rings is 1. The van der Waals surface area contributed by atoms with Crippen LogP contribution in [0, 0.1) is 6.92 Å². The van der Waals surface area contributed by atoms with Crippen molar-refractivity contribution in [2.24, 2.45) is 0 Å². The lowest BCUT2D eigenvalue weighted by molar-refractivity contribution is -0.115. The molecule has 0 aliphatic rings. The van der Waals surface area contributed by atoms with Crippen molar-refractivity contribution in [1.29, 1.82) is 0 Å². The quantitative estimate of drug-likeness (QED) is 0.826. The van der Waals surface area contributed by atoms with E-state index in [-0.39, 0.29) is 5.91 Å². The molecule has 1 N–H and O–H groups in total. The molecule has 1 rings (SSSR count). The van der Waals surface area contributed by atoms with Crippen LogP contribution in [0.1, 0.15) is 12.0 Å². The molecule has 0 saturated carbocycles. The van der Waals surface area contributed by atoms with Crippen LogP contribution in [0.4, 0.5) is 5.82 Å². The number of rotatable bonds is 3. The van der Waals surface area contributed by atoms with Gasteiger partial charge in [-0.2, -0.15) is 0 Å². The molecule has 0 aliphatic heterocycles. The van der Waals surface area contributed by atoms with Crippen LogP contribution in [0.2, 0.25) is 0 Å². The lowest BCUT2D eigenvalue weighted by atomic mass is 10.3. The first-order valence-electron chi connectivity index (χ1n) is 4.01. The van der Waals surface area contributed by atoms with Crippen LogP contribution >= 0.6 is 15.9 Å². The molecule has 13 heavy (non-hydrogen) atoms. The Hall–Kier alpha value is -0.900. The SMILES string of the molecule is Cc1cccnc1NC(=O)CCBr. The van der Waals surface area contributed by atoms with Crippen molar-refractivity contribution in [3.63, 3.8) is 0 Å². The van der Waals surface area contributed by atoms with Gasteiger partial charge in [0.25, 0.3) is 0 Å². The topological polar surface area (TPSA) is 42.0 Å². The van der Waals surface area contributed by atoms with Crippen LogP contribution in [0.5, 0.6) is 0 Å². The lowest BCUT2D eigenvalue weighted by Gasteiger charge is -2.04. The van der Waals surface area contributed by atoms with Crippen LogP contribution in [-0.4, -0.2) is 16.2 Å². The van der Waals surface area contributed by atoms with Crippen molar-refractivity contribution in [3.05, 3.63) is 23.9 Å². The van der Waals surface area contributed by atoms with Gasteiger partial charge in [-0.1, -0.05) is 22.0 Å². The third-order valence-electron chi connectivity index (χ3n) is 1.59. The fourth-order valence-electron chi connectivity index (χ4n) is 0.897. The molecule has 1 heterocycles. The van der Waals surface area contributed by atoms with Gasteiger partial charge in [-0.25, -0.2) is 4.98 Å². The van der Waals surface area contributed by atoms with Crippen molar-refractivity contribution < 1.29 is 4.79 Å².